The molecule has 0 bridgehead atoms. The van der Waals surface area contributed by atoms with Crippen LogP contribution in [0.15, 0.2) is 35.4 Å². The number of hydrazone groups is 1. The second-order valence-corrected chi connectivity index (χ2v) is 5.59. The first-order valence-corrected chi connectivity index (χ1v) is 7.47. The Hall–Kier alpha value is -1.43. The zero-order valence-electron chi connectivity index (χ0n) is 12.3. The van der Waals surface area contributed by atoms with Crippen molar-refractivity contribution < 1.29 is 14.6 Å². The average molecular weight is 290 g/mol. The van der Waals surface area contributed by atoms with Crippen molar-refractivity contribution in [3.05, 3.63) is 35.9 Å². The van der Waals surface area contributed by atoms with Gasteiger partial charge in [0.25, 0.3) is 0 Å². The van der Waals surface area contributed by atoms with E-state index in [1.807, 2.05) is 30.3 Å². The number of rotatable bonds is 5. The highest BCUT2D eigenvalue weighted by Crippen LogP contribution is 2.27. The largest absolute Gasteiger partial charge is 0.385 e. The molecule has 0 spiro atoms. The van der Waals surface area contributed by atoms with Gasteiger partial charge in [0.15, 0.2) is 0 Å². The van der Waals surface area contributed by atoms with Gasteiger partial charge in [-0.1, -0.05) is 30.3 Å². The van der Waals surface area contributed by atoms with Gasteiger partial charge in [0.2, 0.25) is 0 Å². The van der Waals surface area contributed by atoms with E-state index in [2.05, 4.69) is 5.01 Å². The van der Waals surface area contributed by atoms with Gasteiger partial charge < -0.3 is 14.6 Å². The number of aliphatic hydroxyl groups is 1. The molecule has 0 amide bonds. The molecule has 0 saturated carbocycles. The predicted molar refractivity (Wildman–Crippen MR) is 80.2 cm³/mol. The van der Waals surface area contributed by atoms with E-state index in [1.54, 1.807) is 7.11 Å². The quantitative estimate of drug-likeness (QED) is 0.894. The molecule has 114 valence electrons. The lowest BCUT2D eigenvalue weighted by molar-refractivity contribution is -0.0260. The summed E-state index contributed by atoms with van der Waals surface area (Å²) in [6.07, 6.45) is 1.27. The minimum absolute atomic E-state index is 0.323. The molecule has 1 aromatic rings. The molecule has 3 atom stereocenters. The summed E-state index contributed by atoms with van der Waals surface area (Å²) in [7, 11) is 1.72. The van der Waals surface area contributed by atoms with Crippen molar-refractivity contribution in [3.63, 3.8) is 0 Å². The van der Waals surface area contributed by atoms with Gasteiger partial charge in [0, 0.05) is 13.7 Å². The topological polar surface area (TPSA) is 54.3 Å². The molecule has 0 aromatic heterocycles. The number of aliphatic hydroxyl groups excluding tert-OH is 1. The molecule has 5 nitrogen and oxygen atoms in total. The fourth-order valence-corrected chi connectivity index (χ4v) is 2.92. The number of ether oxygens (including phenoxy) is 2. The predicted octanol–water partition coefficient (Wildman–Crippen LogP) is 1.59. The Balaban J connectivity index is 1.67. The van der Waals surface area contributed by atoms with Gasteiger partial charge in [0.1, 0.15) is 12.2 Å². The third-order valence-corrected chi connectivity index (χ3v) is 4.13. The lowest BCUT2D eigenvalue weighted by Gasteiger charge is -2.34. The van der Waals surface area contributed by atoms with Crippen LogP contribution in [0.1, 0.15) is 24.5 Å². The smallest absolute Gasteiger partial charge is 0.130 e. The first-order valence-electron chi connectivity index (χ1n) is 7.47. The van der Waals surface area contributed by atoms with E-state index < -0.39 is 6.10 Å². The highest BCUT2D eigenvalue weighted by Gasteiger charge is 2.36. The summed E-state index contributed by atoms with van der Waals surface area (Å²) in [4.78, 5) is 0. The van der Waals surface area contributed by atoms with Crippen LogP contribution in [0.4, 0.5) is 0 Å². The van der Waals surface area contributed by atoms with E-state index in [4.69, 9.17) is 14.6 Å². The van der Waals surface area contributed by atoms with Crippen LogP contribution in [-0.4, -0.2) is 54.8 Å². The summed E-state index contributed by atoms with van der Waals surface area (Å²) >= 11 is 0. The van der Waals surface area contributed by atoms with Gasteiger partial charge in [-0.25, -0.2) is 0 Å². The van der Waals surface area contributed by atoms with Crippen molar-refractivity contribution in [1.82, 2.24) is 5.01 Å². The van der Waals surface area contributed by atoms with Gasteiger partial charge in [-0.3, -0.25) is 5.01 Å². The number of hydrogen-bond acceptors (Lipinski definition) is 5. The van der Waals surface area contributed by atoms with Crippen LogP contribution in [0.5, 0.6) is 0 Å². The van der Waals surface area contributed by atoms with Crippen molar-refractivity contribution >= 4 is 5.71 Å². The van der Waals surface area contributed by atoms with E-state index in [1.165, 1.54) is 0 Å². The van der Waals surface area contributed by atoms with Crippen LogP contribution in [0.3, 0.4) is 0 Å². The van der Waals surface area contributed by atoms with Gasteiger partial charge >= 0.3 is 0 Å². The molecule has 2 heterocycles. The standard InChI is InChI=1S/C16H22N2O3/c1-20-10-13-8-5-9-18(13)17-14-11-21-16(14)15(19)12-6-3-2-4-7-12/h2-4,6-7,13,15-16,19H,5,8-11H2,1H3/b17-14+/t13-,15?,16+/m0/s1. The summed E-state index contributed by atoms with van der Waals surface area (Å²) in [5.74, 6) is 0. The van der Waals surface area contributed by atoms with E-state index in [9.17, 15) is 5.11 Å². The van der Waals surface area contributed by atoms with Crippen LogP contribution in [0.2, 0.25) is 0 Å². The van der Waals surface area contributed by atoms with Crippen LogP contribution in [0.25, 0.3) is 0 Å². The van der Waals surface area contributed by atoms with Gasteiger partial charge in [-0.2, -0.15) is 5.10 Å². The molecule has 2 aliphatic rings. The third kappa shape index (κ3) is 3.10. The normalized spacial score (nSPS) is 28.7. The van der Waals surface area contributed by atoms with Crippen molar-refractivity contribution in [2.24, 2.45) is 5.10 Å². The molecule has 2 saturated heterocycles. The highest BCUT2D eigenvalue weighted by molar-refractivity contribution is 5.94. The molecular formula is C16H22N2O3. The Labute approximate surface area is 125 Å². The van der Waals surface area contributed by atoms with Crippen LogP contribution in [-0.2, 0) is 9.47 Å². The Morgan fingerprint density at radius 3 is 2.90 bits per heavy atom. The van der Waals surface area contributed by atoms with Crippen LogP contribution < -0.4 is 0 Å². The minimum Gasteiger partial charge on any atom is -0.385 e. The monoisotopic (exact) mass is 290 g/mol. The highest BCUT2D eigenvalue weighted by atomic mass is 16.5. The molecule has 1 aromatic carbocycles. The molecule has 5 heteroatoms. The first kappa shape index (κ1) is 14.5. The SMILES string of the molecule is COC[C@@H]1CCCN1/N=C1\CO[C@H]1C(O)c1ccccc1. The molecule has 3 rings (SSSR count). The Morgan fingerprint density at radius 1 is 1.43 bits per heavy atom. The number of methoxy groups -OCH3 is 1. The van der Waals surface area contributed by atoms with Crippen molar-refractivity contribution in [1.29, 1.82) is 0 Å². The lowest BCUT2D eigenvalue weighted by Crippen LogP contribution is -2.46. The van der Waals surface area contributed by atoms with Crippen molar-refractivity contribution in [3.8, 4) is 0 Å². The van der Waals surface area contributed by atoms with E-state index in [0.717, 1.165) is 30.7 Å². The van der Waals surface area contributed by atoms with Crippen molar-refractivity contribution in [2.75, 3.05) is 26.9 Å². The zero-order valence-corrected chi connectivity index (χ0v) is 12.3. The number of benzene rings is 1. The van der Waals surface area contributed by atoms with E-state index in [-0.39, 0.29) is 6.10 Å². The Bertz CT molecular complexity index is 492. The maximum Gasteiger partial charge on any atom is 0.130 e. The molecule has 1 unspecified atom stereocenters. The summed E-state index contributed by atoms with van der Waals surface area (Å²) in [6, 6.07) is 9.94. The molecule has 21 heavy (non-hydrogen) atoms. The molecule has 0 radical (unpaired) electrons. The minimum atomic E-state index is -0.651. The molecular weight excluding hydrogens is 268 g/mol. The maximum atomic E-state index is 10.4. The first-order chi connectivity index (χ1) is 10.3. The van der Waals surface area contributed by atoms with Crippen LogP contribution >= 0.6 is 0 Å². The van der Waals surface area contributed by atoms with Crippen molar-refractivity contribution in [2.45, 2.75) is 31.1 Å². The molecule has 2 fully saturated rings. The van der Waals surface area contributed by atoms with Gasteiger partial charge in [0.05, 0.1) is 25.0 Å². The molecule has 0 aliphatic carbocycles. The Morgan fingerprint density at radius 2 is 2.24 bits per heavy atom. The maximum absolute atomic E-state index is 10.4. The fourth-order valence-electron chi connectivity index (χ4n) is 2.92. The van der Waals surface area contributed by atoms with E-state index >= 15 is 0 Å². The molecule has 1 N–H and O–H groups in total. The average Bonchev–Trinajstić information content (AvgIpc) is 2.92. The zero-order chi connectivity index (χ0) is 14.7. The number of hydrogen-bond donors (Lipinski definition) is 1. The fraction of sp³-hybridized carbons (Fsp3) is 0.562. The summed E-state index contributed by atoms with van der Waals surface area (Å²) in [5.41, 5.74) is 1.79. The van der Waals surface area contributed by atoms with Gasteiger partial charge in [-0.05, 0) is 18.4 Å². The second kappa shape index (κ2) is 6.56. The Kier molecular flexibility index (Phi) is 4.53. The van der Waals surface area contributed by atoms with Crippen LogP contribution in [0, 0.1) is 0 Å². The summed E-state index contributed by atoms with van der Waals surface area (Å²) in [5, 5.41) is 17.2. The second-order valence-electron chi connectivity index (χ2n) is 5.59. The molecule has 2 aliphatic heterocycles. The third-order valence-electron chi connectivity index (χ3n) is 4.13. The summed E-state index contributed by atoms with van der Waals surface area (Å²) < 4.78 is 10.8. The van der Waals surface area contributed by atoms with Gasteiger partial charge in [-0.15, -0.1) is 0 Å². The van der Waals surface area contributed by atoms with E-state index in [0.29, 0.717) is 19.3 Å². The summed E-state index contributed by atoms with van der Waals surface area (Å²) in [6.45, 7) is 2.15. The lowest BCUT2D eigenvalue weighted by atomic mass is 9.98. The number of nitrogens with zero attached hydrogens (tertiary/aromatic N) is 2.